The number of nitrogens with two attached hydrogens (primary N) is 1. The molecule has 0 unspecified atom stereocenters. The Morgan fingerprint density at radius 1 is 1.33 bits per heavy atom. The average Bonchev–Trinajstić information content (AvgIpc) is 2.14. The predicted molar refractivity (Wildman–Crippen MR) is 53.2 cm³/mol. The van der Waals surface area contributed by atoms with Crippen LogP contribution >= 0.6 is 15.9 Å². The highest BCUT2D eigenvalue weighted by Gasteiger charge is 2.31. The summed E-state index contributed by atoms with van der Waals surface area (Å²) in [6.45, 7) is -0.395. The van der Waals surface area contributed by atoms with Crippen molar-refractivity contribution in [2.75, 3.05) is 6.61 Å². The molecule has 1 rings (SSSR count). The van der Waals surface area contributed by atoms with Gasteiger partial charge >= 0.3 is 6.18 Å². The Balaban J connectivity index is 3.17. The van der Waals surface area contributed by atoms with Crippen LogP contribution in [0.25, 0.3) is 0 Å². The van der Waals surface area contributed by atoms with Crippen molar-refractivity contribution in [2.24, 2.45) is 5.73 Å². The van der Waals surface area contributed by atoms with Gasteiger partial charge in [-0.2, -0.15) is 13.2 Å². The van der Waals surface area contributed by atoms with E-state index < -0.39 is 24.4 Å². The van der Waals surface area contributed by atoms with Crippen molar-refractivity contribution in [3.8, 4) is 0 Å². The summed E-state index contributed by atoms with van der Waals surface area (Å²) in [4.78, 5) is 0. The standard InChI is InChI=1S/C9H9BrF3NO/c10-7-2-5(8(14)4-15)1-6(3-7)9(11,12)13/h1-3,8,15H,4,14H2/t8-/m1/s1. The molecule has 1 atom stereocenters. The summed E-state index contributed by atoms with van der Waals surface area (Å²) in [7, 11) is 0. The number of aliphatic hydroxyl groups excluding tert-OH is 1. The maximum atomic E-state index is 12.4. The van der Waals surface area contributed by atoms with Crippen LogP contribution in [-0.2, 0) is 6.18 Å². The van der Waals surface area contributed by atoms with Gasteiger partial charge in [0.1, 0.15) is 0 Å². The number of benzene rings is 1. The third kappa shape index (κ3) is 3.19. The minimum atomic E-state index is -4.41. The molecule has 0 aliphatic carbocycles. The highest BCUT2D eigenvalue weighted by Crippen LogP contribution is 2.32. The van der Waals surface area contributed by atoms with Crippen LogP contribution in [0.5, 0.6) is 0 Å². The third-order valence-corrected chi connectivity index (χ3v) is 2.33. The van der Waals surface area contributed by atoms with E-state index in [0.717, 1.165) is 12.1 Å². The van der Waals surface area contributed by atoms with E-state index in [9.17, 15) is 13.2 Å². The number of rotatable bonds is 2. The van der Waals surface area contributed by atoms with E-state index in [4.69, 9.17) is 10.8 Å². The lowest BCUT2D eigenvalue weighted by molar-refractivity contribution is -0.137. The lowest BCUT2D eigenvalue weighted by atomic mass is 10.1. The van der Waals surface area contributed by atoms with Crippen molar-refractivity contribution in [1.82, 2.24) is 0 Å². The zero-order chi connectivity index (χ0) is 11.6. The second-order valence-electron chi connectivity index (χ2n) is 3.06. The Labute approximate surface area is 93.0 Å². The molecule has 0 amide bonds. The first-order chi connectivity index (χ1) is 6.84. The maximum absolute atomic E-state index is 12.4. The molecule has 1 aromatic carbocycles. The summed E-state index contributed by atoms with van der Waals surface area (Å²) in [6, 6.07) is 2.55. The molecule has 0 heterocycles. The summed E-state index contributed by atoms with van der Waals surface area (Å²) in [5.41, 5.74) is 4.90. The number of halogens is 4. The molecule has 2 nitrogen and oxygen atoms in total. The number of aliphatic hydroxyl groups is 1. The first kappa shape index (κ1) is 12.5. The van der Waals surface area contributed by atoms with Crippen molar-refractivity contribution in [3.05, 3.63) is 33.8 Å². The minimum absolute atomic E-state index is 0.249. The monoisotopic (exact) mass is 283 g/mol. The highest BCUT2D eigenvalue weighted by atomic mass is 79.9. The molecule has 0 saturated carbocycles. The molecule has 84 valence electrons. The van der Waals surface area contributed by atoms with Crippen LogP contribution in [0, 0.1) is 0 Å². The first-order valence-electron chi connectivity index (χ1n) is 4.08. The zero-order valence-electron chi connectivity index (χ0n) is 7.55. The van der Waals surface area contributed by atoms with Gasteiger partial charge in [0, 0.05) is 4.47 Å². The molecule has 0 aromatic heterocycles. The summed E-state index contributed by atoms with van der Waals surface area (Å²) >= 11 is 2.97. The van der Waals surface area contributed by atoms with E-state index in [0.29, 0.717) is 0 Å². The second kappa shape index (κ2) is 4.51. The molecule has 15 heavy (non-hydrogen) atoms. The van der Waals surface area contributed by atoms with Crippen LogP contribution < -0.4 is 5.73 Å². The topological polar surface area (TPSA) is 46.2 Å². The van der Waals surface area contributed by atoms with Crippen LogP contribution in [-0.4, -0.2) is 11.7 Å². The molecule has 0 radical (unpaired) electrons. The van der Waals surface area contributed by atoms with Gasteiger partial charge < -0.3 is 10.8 Å². The largest absolute Gasteiger partial charge is 0.416 e. The van der Waals surface area contributed by atoms with Gasteiger partial charge in [-0.3, -0.25) is 0 Å². The summed E-state index contributed by atoms with van der Waals surface area (Å²) in [5, 5.41) is 8.75. The normalized spacial score (nSPS) is 14.0. The fraction of sp³-hybridized carbons (Fsp3) is 0.333. The SMILES string of the molecule is N[C@H](CO)c1cc(Br)cc(C(F)(F)F)c1. The molecule has 1 aromatic rings. The van der Waals surface area contributed by atoms with E-state index in [1.165, 1.54) is 6.07 Å². The summed E-state index contributed by atoms with van der Waals surface area (Å²) in [5.74, 6) is 0. The van der Waals surface area contributed by atoms with Gasteiger partial charge in [-0.05, 0) is 23.8 Å². The molecule has 3 N–H and O–H groups in total. The Hall–Kier alpha value is -0.590. The van der Waals surface area contributed by atoms with Gasteiger partial charge in [0.2, 0.25) is 0 Å². The summed E-state index contributed by atoms with van der Waals surface area (Å²) in [6.07, 6.45) is -4.41. The van der Waals surface area contributed by atoms with Gasteiger partial charge in [-0.15, -0.1) is 0 Å². The Morgan fingerprint density at radius 3 is 2.40 bits per heavy atom. The Bertz CT molecular complexity index is 354. The molecule has 0 aliphatic rings. The third-order valence-electron chi connectivity index (χ3n) is 1.87. The van der Waals surface area contributed by atoms with Crippen molar-refractivity contribution < 1.29 is 18.3 Å². The van der Waals surface area contributed by atoms with Crippen molar-refractivity contribution >= 4 is 15.9 Å². The predicted octanol–water partition coefficient (Wildman–Crippen LogP) is 2.46. The average molecular weight is 284 g/mol. The molecular weight excluding hydrogens is 275 g/mol. The van der Waals surface area contributed by atoms with E-state index in [1.807, 2.05) is 0 Å². The Morgan fingerprint density at radius 2 is 1.93 bits per heavy atom. The van der Waals surface area contributed by atoms with Gasteiger partial charge in [0.15, 0.2) is 0 Å². The fourth-order valence-electron chi connectivity index (χ4n) is 1.10. The fourth-order valence-corrected chi connectivity index (χ4v) is 1.61. The molecule has 0 saturated heterocycles. The Kier molecular flexibility index (Phi) is 3.75. The van der Waals surface area contributed by atoms with Gasteiger partial charge in [-0.1, -0.05) is 15.9 Å². The lowest BCUT2D eigenvalue weighted by Crippen LogP contribution is -2.16. The van der Waals surface area contributed by atoms with Crippen molar-refractivity contribution in [2.45, 2.75) is 12.2 Å². The highest BCUT2D eigenvalue weighted by molar-refractivity contribution is 9.10. The van der Waals surface area contributed by atoms with E-state index in [-0.39, 0.29) is 10.0 Å². The molecule has 0 spiro atoms. The smallest absolute Gasteiger partial charge is 0.394 e. The van der Waals surface area contributed by atoms with Gasteiger partial charge in [0.25, 0.3) is 0 Å². The molecule has 0 bridgehead atoms. The quantitative estimate of drug-likeness (QED) is 0.876. The van der Waals surface area contributed by atoms with Crippen LogP contribution in [0.2, 0.25) is 0 Å². The molecule has 0 fully saturated rings. The first-order valence-corrected chi connectivity index (χ1v) is 4.88. The van der Waals surface area contributed by atoms with E-state index in [2.05, 4.69) is 15.9 Å². The number of hydrogen-bond donors (Lipinski definition) is 2. The van der Waals surface area contributed by atoms with Crippen LogP contribution in [0.1, 0.15) is 17.2 Å². The van der Waals surface area contributed by atoms with Gasteiger partial charge in [-0.25, -0.2) is 0 Å². The maximum Gasteiger partial charge on any atom is 0.416 e. The van der Waals surface area contributed by atoms with Crippen molar-refractivity contribution in [1.29, 1.82) is 0 Å². The summed E-state index contributed by atoms with van der Waals surface area (Å²) < 4.78 is 37.5. The van der Waals surface area contributed by atoms with E-state index >= 15 is 0 Å². The number of hydrogen-bond acceptors (Lipinski definition) is 2. The van der Waals surface area contributed by atoms with Crippen LogP contribution in [0.15, 0.2) is 22.7 Å². The molecule has 6 heteroatoms. The van der Waals surface area contributed by atoms with Crippen molar-refractivity contribution in [3.63, 3.8) is 0 Å². The minimum Gasteiger partial charge on any atom is -0.394 e. The van der Waals surface area contributed by atoms with Crippen LogP contribution in [0.4, 0.5) is 13.2 Å². The lowest BCUT2D eigenvalue weighted by Gasteiger charge is -2.13. The molecule has 0 aliphatic heterocycles. The van der Waals surface area contributed by atoms with E-state index in [1.54, 1.807) is 0 Å². The van der Waals surface area contributed by atoms with Gasteiger partial charge in [0.05, 0.1) is 18.2 Å². The second-order valence-corrected chi connectivity index (χ2v) is 3.98. The van der Waals surface area contributed by atoms with Crippen LogP contribution in [0.3, 0.4) is 0 Å². The zero-order valence-corrected chi connectivity index (χ0v) is 9.14. The molecular formula is C9H9BrF3NO. The number of alkyl halides is 3.